The van der Waals surface area contributed by atoms with Gasteiger partial charge in [-0.25, -0.2) is 13.6 Å². The van der Waals surface area contributed by atoms with Crippen LogP contribution in [0.4, 0.5) is 25.0 Å². The molecule has 182 valence electrons. The first-order chi connectivity index (χ1) is 16.1. The van der Waals surface area contributed by atoms with E-state index < -0.39 is 33.9 Å². The number of carbonyl (C=O) groups excluding carboxylic acids is 1. The van der Waals surface area contributed by atoms with Crippen LogP contribution in [0.3, 0.4) is 0 Å². The van der Waals surface area contributed by atoms with Crippen LogP contribution in [0.15, 0.2) is 35.2 Å². The van der Waals surface area contributed by atoms with E-state index in [4.69, 9.17) is 4.74 Å². The number of amides is 1. The maximum Gasteiger partial charge on any atom is 0.414 e. The molecular weight excluding hydrogens is 486 g/mol. The number of cyclic esters (lactones) is 1. The Hall–Kier alpha value is -2.37. The van der Waals surface area contributed by atoms with E-state index in [9.17, 15) is 17.8 Å². The number of ether oxygens (including phenoxy) is 1. The topological polar surface area (TPSA) is 87.2 Å². The number of aryl methyl sites for hydroxylation is 1. The van der Waals surface area contributed by atoms with Crippen LogP contribution in [0.2, 0.25) is 0 Å². The Kier molecular flexibility index (Phi) is 5.97. The van der Waals surface area contributed by atoms with Gasteiger partial charge in [0.2, 0.25) is 0 Å². The molecule has 0 radical (unpaired) electrons. The summed E-state index contributed by atoms with van der Waals surface area (Å²) in [4.78, 5) is 15.3. The molecule has 2 bridgehead atoms. The highest BCUT2D eigenvalue weighted by molar-refractivity contribution is 7.99. The summed E-state index contributed by atoms with van der Waals surface area (Å²) < 4.78 is 68.7. The molecule has 2 unspecified atom stereocenters. The molecule has 2 aromatic carbocycles. The van der Waals surface area contributed by atoms with E-state index in [1.807, 2.05) is 4.90 Å². The van der Waals surface area contributed by atoms with E-state index in [0.717, 1.165) is 46.9 Å². The minimum absolute atomic E-state index is 0.0124. The second-order valence-corrected chi connectivity index (χ2v) is 11.5. The van der Waals surface area contributed by atoms with Crippen molar-refractivity contribution in [3.63, 3.8) is 0 Å². The van der Waals surface area contributed by atoms with Gasteiger partial charge in [-0.15, -0.1) is 0 Å². The Morgan fingerprint density at radius 1 is 1.12 bits per heavy atom. The third-order valence-corrected chi connectivity index (χ3v) is 8.82. The third kappa shape index (κ3) is 4.25. The maximum absolute atomic E-state index is 15.2. The quantitative estimate of drug-likeness (QED) is 0.604. The molecule has 0 aliphatic carbocycles. The van der Waals surface area contributed by atoms with Crippen molar-refractivity contribution in [3.8, 4) is 0 Å². The number of rotatable bonds is 5. The highest BCUT2D eigenvalue weighted by Gasteiger charge is 2.40. The number of benzene rings is 2. The van der Waals surface area contributed by atoms with Gasteiger partial charge in [0.15, 0.2) is 11.6 Å². The van der Waals surface area contributed by atoms with E-state index >= 15 is 8.78 Å². The van der Waals surface area contributed by atoms with Crippen molar-refractivity contribution in [2.24, 2.45) is 0 Å². The van der Waals surface area contributed by atoms with Gasteiger partial charge in [-0.3, -0.25) is 9.45 Å². The van der Waals surface area contributed by atoms with Crippen molar-refractivity contribution in [3.05, 3.63) is 53.1 Å². The van der Waals surface area contributed by atoms with E-state index in [0.29, 0.717) is 5.56 Å². The Labute approximate surface area is 200 Å². The predicted octanol–water partition coefficient (Wildman–Crippen LogP) is 4.17. The molecule has 0 aromatic heterocycles. The molecule has 5 rings (SSSR count). The largest absolute Gasteiger partial charge is 0.444 e. The monoisotopic (exact) mass is 510 g/mol. The fourth-order valence-corrected chi connectivity index (χ4v) is 7.20. The number of fused-ring (bicyclic) bond motifs is 2. The number of carbonyl (C=O) groups is 1. The van der Waals surface area contributed by atoms with Crippen LogP contribution in [0.25, 0.3) is 0 Å². The van der Waals surface area contributed by atoms with Crippen molar-refractivity contribution in [1.29, 1.82) is 0 Å². The smallest absolute Gasteiger partial charge is 0.414 e. The molecule has 2 aromatic rings. The minimum atomic E-state index is -4.46. The van der Waals surface area contributed by atoms with Crippen molar-refractivity contribution in [1.82, 2.24) is 0 Å². The zero-order valence-corrected chi connectivity index (χ0v) is 20.0. The third-order valence-electron chi connectivity index (χ3n) is 6.63. The summed E-state index contributed by atoms with van der Waals surface area (Å²) in [5, 5.41) is 0. The molecule has 3 aliphatic heterocycles. The first-order valence-corrected chi connectivity index (χ1v) is 13.6. The van der Waals surface area contributed by atoms with Crippen molar-refractivity contribution >= 4 is 39.3 Å². The summed E-state index contributed by atoms with van der Waals surface area (Å²) in [7, 11) is -4.46. The van der Waals surface area contributed by atoms with Gasteiger partial charge in [-0.2, -0.15) is 20.2 Å². The standard InChI is InChI=1S/C23H24F2N2O5S2/c1-13-2-5-21(34(29,30)31)14(6-13)7-18-10-26(23(28)32-18)17-8-19(24)22(20(25)9-17)27-15-3-4-16(27)12-33-11-15/h2,5-6,8-9,15-16,18H,3-4,7,10-12H2,1H3,(H,29,30,31)/t15?,16?,18-/m1/s1. The molecular formula is C23H24F2N2O5S2. The van der Waals surface area contributed by atoms with Crippen molar-refractivity contribution in [2.75, 3.05) is 27.9 Å². The van der Waals surface area contributed by atoms with Gasteiger partial charge >= 0.3 is 6.09 Å². The Morgan fingerprint density at radius 2 is 1.76 bits per heavy atom. The zero-order valence-electron chi connectivity index (χ0n) is 18.4. The van der Waals surface area contributed by atoms with E-state index in [2.05, 4.69) is 0 Å². The molecule has 1 amide bonds. The van der Waals surface area contributed by atoms with Gasteiger partial charge in [0.25, 0.3) is 10.1 Å². The first-order valence-electron chi connectivity index (χ1n) is 11.0. The molecule has 3 atom stereocenters. The lowest BCUT2D eigenvalue weighted by atomic mass is 10.1. The predicted molar refractivity (Wildman–Crippen MR) is 125 cm³/mol. The van der Waals surface area contributed by atoms with E-state index in [1.165, 1.54) is 6.07 Å². The van der Waals surface area contributed by atoms with Crippen molar-refractivity contribution < 1.29 is 31.3 Å². The van der Waals surface area contributed by atoms with Crippen LogP contribution in [-0.2, 0) is 21.3 Å². The number of thioether (sulfide) groups is 1. The fraction of sp³-hybridized carbons (Fsp3) is 0.435. The van der Waals surface area contributed by atoms with Crippen molar-refractivity contribution in [2.45, 2.75) is 49.3 Å². The van der Waals surface area contributed by atoms with E-state index in [1.54, 1.807) is 30.8 Å². The Bertz CT molecular complexity index is 1220. The molecule has 3 aliphatic rings. The molecule has 3 heterocycles. The van der Waals surface area contributed by atoms with Gasteiger partial charge < -0.3 is 9.64 Å². The average Bonchev–Trinajstić information content (AvgIpc) is 3.21. The van der Waals surface area contributed by atoms with E-state index in [-0.39, 0.29) is 41.3 Å². The summed E-state index contributed by atoms with van der Waals surface area (Å²) in [6.07, 6.45) is 0.311. The number of anilines is 2. The lowest BCUT2D eigenvalue weighted by molar-refractivity contribution is 0.141. The maximum atomic E-state index is 15.2. The van der Waals surface area contributed by atoms with Gasteiger partial charge in [0.05, 0.1) is 17.1 Å². The summed E-state index contributed by atoms with van der Waals surface area (Å²) in [5.74, 6) is 0.230. The first kappa shape index (κ1) is 23.4. The summed E-state index contributed by atoms with van der Waals surface area (Å²) in [5.41, 5.74) is 1.07. The van der Waals surface area contributed by atoms with Gasteiger partial charge in [0.1, 0.15) is 11.8 Å². The minimum Gasteiger partial charge on any atom is -0.444 e. The Balaban J connectivity index is 1.38. The Morgan fingerprint density at radius 3 is 2.38 bits per heavy atom. The number of hydrogen-bond acceptors (Lipinski definition) is 6. The molecule has 0 saturated carbocycles. The molecule has 3 saturated heterocycles. The lowest BCUT2D eigenvalue weighted by Gasteiger charge is -2.37. The van der Waals surface area contributed by atoms with Crippen LogP contribution >= 0.6 is 11.8 Å². The number of halogens is 2. The molecule has 11 heteroatoms. The summed E-state index contributed by atoms with van der Waals surface area (Å²) in [6.45, 7) is 1.76. The highest BCUT2D eigenvalue weighted by Crippen LogP contribution is 2.41. The van der Waals surface area contributed by atoms with Crippen LogP contribution in [0.5, 0.6) is 0 Å². The fourth-order valence-electron chi connectivity index (χ4n) is 5.15. The molecule has 1 N–H and O–H groups in total. The van der Waals surface area contributed by atoms with Gasteiger partial charge in [0, 0.05) is 42.1 Å². The van der Waals surface area contributed by atoms with Crippen LogP contribution in [-0.4, -0.2) is 55.3 Å². The molecule has 7 nitrogen and oxygen atoms in total. The van der Waals surface area contributed by atoms with Crippen LogP contribution in [0.1, 0.15) is 24.0 Å². The van der Waals surface area contributed by atoms with Crippen LogP contribution < -0.4 is 9.80 Å². The summed E-state index contributed by atoms with van der Waals surface area (Å²) in [6, 6.07) is 6.96. The molecule has 3 fully saturated rings. The number of hydrogen-bond donors (Lipinski definition) is 1. The highest BCUT2D eigenvalue weighted by atomic mass is 32.2. The molecule has 34 heavy (non-hydrogen) atoms. The SMILES string of the molecule is Cc1ccc(S(=O)(=O)O)c(C[C@@H]2CN(c3cc(F)c(N4C5CCC4CSC5)c(F)c3)C(=O)O2)c1. The normalized spacial score (nSPS) is 24.6. The summed E-state index contributed by atoms with van der Waals surface area (Å²) >= 11 is 1.80. The zero-order chi connectivity index (χ0) is 24.2. The lowest BCUT2D eigenvalue weighted by Crippen LogP contribution is -2.43. The number of nitrogens with zero attached hydrogens (tertiary/aromatic N) is 2. The van der Waals surface area contributed by atoms with Crippen LogP contribution in [0, 0.1) is 18.6 Å². The van der Waals surface area contributed by atoms with Gasteiger partial charge in [-0.05, 0) is 31.4 Å². The molecule has 0 spiro atoms. The average molecular weight is 511 g/mol. The second kappa shape index (κ2) is 8.69. The second-order valence-electron chi connectivity index (χ2n) is 8.99. The van der Waals surface area contributed by atoms with Gasteiger partial charge in [-0.1, -0.05) is 17.7 Å².